The average molecular weight is 189 g/mol. The van der Waals surface area contributed by atoms with Crippen LogP contribution in [0.15, 0.2) is 0 Å². The van der Waals surface area contributed by atoms with Crippen molar-refractivity contribution in [1.29, 1.82) is 0 Å². The van der Waals surface area contributed by atoms with Crippen molar-refractivity contribution in [3.05, 3.63) is 0 Å². The molecule has 1 atom stereocenters. The summed E-state index contributed by atoms with van der Waals surface area (Å²) in [5, 5.41) is 3.57. The fourth-order valence-electron chi connectivity index (χ4n) is 1.21. The fourth-order valence-corrected chi connectivity index (χ4v) is 1.75. The first-order valence-electron chi connectivity index (χ1n) is 4.43. The van der Waals surface area contributed by atoms with E-state index in [1.54, 1.807) is 0 Å². The highest BCUT2D eigenvalue weighted by atomic mass is 28.1. The highest BCUT2D eigenvalue weighted by Crippen LogP contribution is 2.10. The zero-order valence-corrected chi connectivity index (χ0v) is 11.5. The van der Waals surface area contributed by atoms with E-state index in [2.05, 4.69) is 57.2 Å². The number of hydrogen-bond acceptors (Lipinski definition) is 3. The molecule has 74 valence electrons. The maximum Gasteiger partial charge on any atom is 0.124 e. The lowest BCUT2D eigenvalue weighted by atomic mass is 10.3. The number of nitrogens with zero attached hydrogens (tertiary/aromatic N) is 2. The molecule has 0 saturated carbocycles. The van der Waals surface area contributed by atoms with Gasteiger partial charge in [-0.3, -0.25) is 15.1 Å². The van der Waals surface area contributed by atoms with Gasteiger partial charge >= 0.3 is 0 Å². The molecule has 0 aliphatic rings. The van der Waals surface area contributed by atoms with Crippen molar-refractivity contribution >= 4 is 10.2 Å². The first-order valence-corrected chi connectivity index (χ1v) is 5.58. The Balaban J connectivity index is 4.40. The van der Waals surface area contributed by atoms with Crippen molar-refractivity contribution in [1.82, 2.24) is 15.1 Å². The lowest BCUT2D eigenvalue weighted by Gasteiger charge is -2.44. The van der Waals surface area contributed by atoms with Gasteiger partial charge in [-0.05, 0) is 40.8 Å². The van der Waals surface area contributed by atoms with Crippen LogP contribution in [-0.2, 0) is 0 Å². The number of hydrogen-bond donors (Lipinski definition) is 1. The van der Waals surface area contributed by atoms with Crippen LogP contribution >= 0.6 is 0 Å². The van der Waals surface area contributed by atoms with Gasteiger partial charge in [0, 0.05) is 10.2 Å². The summed E-state index contributed by atoms with van der Waals surface area (Å²) >= 11 is 0. The standard InChI is InChI=1S/C8H23N3Si/c1-7(12)9-8(2,10(3)4)11(5)6/h7,9H,1-6,12H3. The highest BCUT2D eigenvalue weighted by molar-refractivity contribution is 6.11. The van der Waals surface area contributed by atoms with E-state index in [0.717, 1.165) is 0 Å². The molecule has 0 fully saturated rings. The predicted octanol–water partition coefficient (Wildman–Crippen LogP) is -0.916. The molecule has 0 aliphatic heterocycles. The molecule has 0 aromatic rings. The lowest BCUT2D eigenvalue weighted by Crippen LogP contribution is -2.64. The Kier molecular flexibility index (Phi) is 4.40. The van der Waals surface area contributed by atoms with Crippen LogP contribution < -0.4 is 5.32 Å². The molecule has 0 aromatic carbocycles. The molecule has 12 heavy (non-hydrogen) atoms. The minimum atomic E-state index is -0.0266. The molecule has 3 nitrogen and oxygen atoms in total. The van der Waals surface area contributed by atoms with Crippen LogP contribution in [0.1, 0.15) is 13.8 Å². The van der Waals surface area contributed by atoms with Crippen LogP contribution in [0.25, 0.3) is 0 Å². The van der Waals surface area contributed by atoms with E-state index >= 15 is 0 Å². The zero-order chi connectivity index (χ0) is 9.94. The van der Waals surface area contributed by atoms with Crippen LogP contribution in [0, 0.1) is 0 Å². The van der Waals surface area contributed by atoms with E-state index in [-0.39, 0.29) is 5.79 Å². The summed E-state index contributed by atoms with van der Waals surface area (Å²) in [5.74, 6) is -0.0266. The van der Waals surface area contributed by atoms with Gasteiger partial charge in [0.1, 0.15) is 5.79 Å². The van der Waals surface area contributed by atoms with E-state index in [4.69, 9.17) is 0 Å². The molecule has 0 bridgehead atoms. The van der Waals surface area contributed by atoms with Crippen molar-refractivity contribution in [3.63, 3.8) is 0 Å². The topological polar surface area (TPSA) is 18.5 Å². The largest absolute Gasteiger partial charge is 0.288 e. The molecular formula is C8H23N3Si. The first kappa shape index (κ1) is 12.1. The molecule has 0 aliphatic carbocycles. The van der Waals surface area contributed by atoms with E-state index in [9.17, 15) is 0 Å². The molecule has 0 radical (unpaired) electrons. The van der Waals surface area contributed by atoms with Crippen molar-refractivity contribution < 1.29 is 0 Å². The van der Waals surface area contributed by atoms with Crippen molar-refractivity contribution in [2.24, 2.45) is 0 Å². The minimum absolute atomic E-state index is 0.0266. The summed E-state index contributed by atoms with van der Waals surface area (Å²) < 4.78 is 0. The Hall–Kier alpha value is 0.0969. The van der Waals surface area contributed by atoms with Crippen molar-refractivity contribution in [2.75, 3.05) is 28.2 Å². The first-order chi connectivity index (χ1) is 5.30. The molecule has 4 heteroatoms. The van der Waals surface area contributed by atoms with Gasteiger partial charge in [-0.25, -0.2) is 0 Å². The second-order valence-corrected chi connectivity index (χ2v) is 5.84. The van der Waals surface area contributed by atoms with Crippen LogP contribution in [-0.4, -0.2) is 59.7 Å². The second-order valence-electron chi connectivity index (χ2n) is 4.11. The van der Waals surface area contributed by atoms with E-state index in [1.165, 1.54) is 10.2 Å². The van der Waals surface area contributed by atoms with Crippen molar-refractivity contribution in [3.8, 4) is 0 Å². The van der Waals surface area contributed by atoms with Crippen LogP contribution in [0.3, 0.4) is 0 Å². The van der Waals surface area contributed by atoms with E-state index < -0.39 is 0 Å². The lowest BCUT2D eigenvalue weighted by molar-refractivity contribution is -0.0129. The Morgan fingerprint density at radius 2 is 1.50 bits per heavy atom. The molecule has 0 heterocycles. The molecule has 0 amide bonds. The van der Waals surface area contributed by atoms with Gasteiger partial charge in [-0.2, -0.15) is 0 Å². The molecular weight excluding hydrogens is 166 g/mol. The van der Waals surface area contributed by atoms with Gasteiger partial charge in [-0.15, -0.1) is 0 Å². The van der Waals surface area contributed by atoms with Gasteiger partial charge < -0.3 is 0 Å². The number of nitrogens with one attached hydrogen (secondary N) is 1. The third-order valence-electron chi connectivity index (χ3n) is 2.30. The Morgan fingerprint density at radius 3 is 1.58 bits per heavy atom. The normalized spacial score (nSPS) is 16.0. The summed E-state index contributed by atoms with van der Waals surface area (Å²) in [7, 11) is 9.55. The maximum absolute atomic E-state index is 3.57. The van der Waals surface area contributed by atoms with Gasteiger partial charge in [-0.1, -0.05) is 6.92 Å². The Morgan fingerprint density at radius 1 is 1.17 bits per heavy atom. The summed E-state index contributed by atoms with van der Waals surface area (Å²) in [4.78, 5) is 4.39. The molecule has 0 aromatic heterocycles. The predicted molar refractivity (Wildman–Crippen MR) is 58.3 cm³/mol. The quantitative estimate of drug-likeness (QED) is 0.456. The van der Waals surface area contributed by atoms with Gasteiger partial charge in [0.05, 0.1) is 0 Å². The Bertz CT molecular complexity index is 126. The minimum Gasteiger partial charge on any atom is -0.288 e. The summed E-state index contributed by atoms with van der Waals surface area (Å²) in [6.07, 6.45) is 0. The Labute approximate surface area is 79.5 Å². The van der Waals surface area contributed by atoms with Gasteiger partial charge in [0.2, 0.25) is 0 Å². The smallest absolute Gasteiger partial charge is 0.124 e. The second kappa shape index (κ2) is 4.37. The van der Waals surface area contributed by atoms with Crippen LogP contribution in [0.5, 0.6) is 0 Å². The maximum atomic E-state index is 3.57. The summed E-state index contributed by atoms with van der Waals surface area (Å²) in [5.41, 5.74) is 0.625. The fraction of sp³-hybridized carbons (Fsp3) is 1.00. The average Bonchev–Trinajstić information content (AvgIpc) is 1.84. The summed E-state index contributed by atoms with van der Waals surface area (Å²) in [6.45, 7) is 4.42. The molecule has 1 unspecified atom stereocenters. The zero-order valence-electron chi connectivity index (χ0n) is 9.47. The van der Waals surface area contributed by atoms with E-state index in [0.29, 0.717) is 5.67 Å². The molecule has 1 N–H and O–H groups in total. The van der Waals surface area contributed by atoms with Crippen molar-refractivity contribution in [2.45, 2.75) is 25.3 Å². The molecule has 0 rings (SSSR count). The highest BCUT2D eigenvalue weighted by Gasteiger charge is 2.29. The SMILES string of the molecule is CC([SiH3])NC(C)(N(C)C)N(C)C. The van der Waals surface area contributed by atoms with Crippen LogP contribution in [0.4, 0.5) is 0 Å². The molecule has 0 spiro atoms. The van der Waals surface area contributed by atoms with E-state index in [1.807, 2.05) is 0 Å². The third kappa shape index (κ3) is 2.86. The number of rotatable bonds is 4. The van der Waals surface area contributed by atoms with Crippen LogP contribution in [0.2, 0.25) is 0 Å². The molecule has 0 saturated heterocycles. The third-order valence-corrected chi connectivity index (χ3v) is 2.59. The monoisotopic (exact) mass is 189 g/mol. The van der Waals surface area contributed by atoms with Gasteiger partial charge in [0.25, 0.3) is 0 Å². The van der Waals surface area contributed by atoms with Gasteiger partial charge in [0.15, 0.2) is 0 Å². The summed E-state index contributed by atoms with van der Waals surface area (Å²) in [6, 6.07) is 0.